The van der Waals surface area contributed by atoms with E-state index in [1.165, 1.54) is 17.5 Å². The number of pyridine rings is 1. The molecule has 26 heavy (non-hydrogen) atoms. The number of rotatable bonds is 6. The van der Waals surface area contributed by atoms with Crippen LogP contribution >= 0.6 is 22.9 Å². The van der Waals surface area contributed by atoms with E-state index in [1.54, 1.807) is 19.1 Å². The van der Waals surface area contributed by atoms with Gasteiger partial charge >= 0.3 is 5.97 Å². The first-order valence-corrected chi connectivity index (χ1v) is 9.64. The highest BCUT2D eigenvalue weighted by Crippen LogP contribution is 2.38. The number of aromatic nitrogens is 1. The molecule has 0 bridgehead atoms. The van der Waals surface area contributed by atoms with Gasteiger partial charge in [0.05, 0.1) is 12.2 Å². The summed E-state index contributed by atoms with van der Waals surface area (Å²) in [5.74, 6) is -0.423. The third kappa shape index (κ3) is 4.16. The van der Waals surface area contributed by atoms with Crippen molar-refractivity contribution in [2.75, 3.05) is 18.5 Å². The number of carbonyl (C=O) groups is 2. The number of thiophene rings is 1. The van der Waals surface area contributed by atoms with E-state index in [4.69, 9.17) is 21.1 Å². The van der Waals surface area contributed by atoms with Gasteiger partial charge < -0.3 is 14.8 Å². The number of nitrogens with one attached hydrogen (secondary N) is 1. The van der Waals surface area contributed by atoms with Crippen LogP contribution in [0.3, 0.4) is 0 Å². The molecule has 1 aliphatic rings. The number of halogens is 1. The van der Waals surface area contributed by atoms with Crippen LogP contribution in [0.5, 0.6) is 5.75 Å². The third-order valence-electron chi connectivity index (χ3n) is 3.99. The molecular formula is C18H19ClN2O4S. The summed E-state index contributed by atoms with van der Waals surface area (Å²) in [5, 5.41) is 3.51. The van der Waals surface area contributed by atoms with E-state index in [-0.39, 0.29) is 17.7 Å². The van der Waals surface area contributed by atoms with Gasteiger partial charge in [0.15, 0.2) is 17.5 Å². The quantitative estimate of drug-likeness (QED) is 0.594. The van der Waals surface area contributed by atoms with Crippen molar-refractivity contribution in [3.8, 4) is 5.75 Å². The zero-order chi connectivity index (χ0) is 18.5. The molecule has 0 spiro atoms. The lowest BCUT2D eigenvalue weighted by atomic mass is 9.95. The monoisotopic (exact) mass is 394 g/mol. The van der Waals surface area contributed by atoms with E-state index in [0.717, 1.165) is 36.1 Å². The Bertz CT molecular complexity index is 822. The van der Waals surface area contributed by atoms with Crippen molar-refractivity contribution in [2.24, 2.45) is 0 Å². The molecule has 1 N–H and O–H groups in total. The van der Waals surface area contributed by atoms with Crippen molar-refractivity contribution in [1.29, 1.82) is 0 Å². The van der Waals surface area contributed by atoms with Gasteiger partial charge in [-0.3, -0.25) is 4.79 Å². The van der Waals surface area contributed by atoms with Crippen LogP contribution < -0.4 is 10.1 Å². The Morgan fingerprint density at radius 1 is 1.35 bits per heavy atom. The predicted molar refractivity (Wildman–Crippen MR) is 100 cm³/mol. The summed E-state index contributed by atoms with van der Waals surface area (Å²) in [6, 6.07) is 3.31. The van der Waals surface area contributed by atoms with Gasteiger partial charge in [0.2, 0.25) is 0 Å². The molecule has 0 aliphatic heterocycles. The summed E-state index contributed by atoms with van der Waals surface area (Å²) >= 11 is 7.35. The van der Waals surface area contributed by atoms with Crippen molar-refractivity contribution in [3.63, 3.8) is 0 Å². The number of ether oxygens (including phenoxy) is 2. The second-order valence-electron chi connectivity index (χ2n) is 5.76. The Morgan fingerprint density at radius 3 is 2.92 bits per heavy atom. The van der Waals surface area contributed by atoms with E-state index in [0.29, 0.717) is 22.9 Å². The normalized spacial score (nSPS) is 13.0. The van der Waals surface area contributed by atoms with Crippen LogP contribution in [0.1, 0.15) is 40.6 Å². The lowest BCUT2D eigenvalue weighted by Gasteiger charge is -2.12. The molecule has 1 aliphatic carbocycles. The molecule has 0 saturated carbocycles. The molecular weight excluding hydrogens is 376 g/mol. The Kier molecular flexibility index (Phi) is 6.11. The van der Waals surface area contributed by atoms with Crippen LogP contribution in [0, 0.1) is 0 Å². The fraction of sp³-hybridized carbons (Fsp3) is 0.389. The lowest BCUT2D eigenvalue weighted by Crippen LogP contribution is -2.21. The summed E-state index contributed by atoms with van der Waals surface area (Å²) in [6.07, 6.45) is 5.41. The number of hydrogen-bond donors (Lipinski definition) is 1. The summed E-state index contributed by atoms with van der Waals surface area (Å²) in [6.45, 7) is 1.83. The van der Waals surface area contributed by atoms with E-state index < -0.39 is 5.97 Å². The van der Waals surface area contributed by atoms with Crippen molar-refractivity contribution in [3.05, 3.63) is 39.5 Å². The number of fused-ring (bicyclic) bond motifs is 1. The molecule has 0 atom stereocenters. The first-order valence-electron chi connectivity index (χ1n) is 8.45. The van der Waals surface area contributed by atoms with Gasteiger partial charge in [-0.25, -0.2) is 9.78 Å². The summed E-state index contributed by atoms with van der Waals surface area (Å²) in [7, 11) is 0. The van der Waals surface area contributed by atoms with Crippen LogP contribution in [0.15, 0.2) is 18.3 Å². The number of amides is 1. The maximum atomic E-state index is 12.4. The van der Waals surface area contributed by atoms with Crippen LogP contribution in [0.25, 0.3) is 0 Å². The van der Waals surface area contributed by atoms with Crippen molar-refractivity contribution in [2.45, 2.75) is 32.6 Å². The van der Waals surface area contributed by atoms with Crippen LogP contribution in [-0.2, 0) is 22.4 Å². The minimum Gasteiger partial charge on any atom is -0.481 e. The smallest absolute Gasteiger partial charge is 0.341 e. The van der Waals surface area contributed by atoms with Crippen LogP contribution in [0.4, 0.5) is 5.00 Å². The molecule has 2 aromatic rings. The fourth-order valence-electron chi connectivity index (χ4n) is 2.86. The minimum absolute atomic E-state index is 0.194. The molecule has 6 nitrogen and oxygen atoms in total. The fourth-order valence-corrected chi connectivity index (χ4v) is 4.33. The largest absolute Gasteiger partial charge is 0.481 e. The van der Waals surface area contributed by atoms with Crippen molar-refractivity contribution < 1.29 is 19.1 Å². The number of anilines is 1. The summed E-state index contributed by atoms with van der Waals surface area (Å²) in [5.41, 5.74) is 1.49. The van der Waals surface area contributed by atoms with Gasteiger partial charge in [-0.1, -0.05) is 11.6 Å². The third-order valence-corrected chi connectivity index (χ3v) is 5.48. The maximum absolute atomic E-state index is 12.4. The highest BCUT2D eigenvalue weighted by atomic mass is 35.5. The molecule has 2 aromatic heterocycles. The van der Waals surface area contributed by atoms with Crippen molar-refractivity contribution in [1.82, 2.24) is 4.98 Å². The Labute approximate surface area is 160 Å². The summed E-state index contributed by atoms with van der Waals surface area (Å²) in [4.78, 5) is 29.7. The number of carbonyl (C=O) groups excluding carboxylic acids is 2. The molecule has 0 radical (unpaired) electrons. The summed E-state index contributed by atoms with van der Waals surface area (Å²) < 4.78 is 10.6. The van der Waals surface area contributed by atoms with E-state index in [1.807, 2.05) is 0 Å². The molecule has 0 fully saturated rings. The van der Waals surface area contributed by atoms with Gasteiger partial charge in [-0.05, 0) is 50.3 Å². The molecule has 8 heteroatoms. The maximum Gasteiger partial charge on any atom is 0.341 e. The van der Waals surface area contributed by atoms with Gasteiger partial charge in [0, 0.05) is 11.1 Å². The first kappa shape index (κ1) is 18.7. The highest BCUT2D eigenvalue weighted by Gasteiger charge is 2.27. The van der Waals surface area contributed by atoms with Gasteiger partial charge in [-0.15, -0.1) is 11.3 Å². The molecule has 0 aromatic carbocycles. The molecule has 0 unspecified atom stereocenters. The zero-order valence-corrected chi connectivity index (χ0v) is 15.9. The Balaban J connectivity index is 1.74. The number of esters is 1. The Hall–Kier alpha value is -2.12. The predicted octanol–water partition coefficient (Wildman–Crippen LogP) is 3.87. The van der Waals surface area contributed by atoms with Gasteiger partial charge in [0.25, 0.3) is 5.91 Å². The number of aryl methyl sites for hydroxylation is 1. The molecule has 138 valence electrons. The average Bonchev–Trinajstić information content (AvgIpc) is 2.99. The molecule has 2 heterocycles. The van der Waals surface area contributed by atoms with Crippen LogP contribution in [-0.4, -0.2) is 30.1 Å². The van der Waals surface area contributed by atoms with Crippen LogP contribution in [0.2, 0.25) is 5.15 Å². The zero-order valence-electron chi connectivity index (χ0n) is 14.3. The second kappa shape index (κ2) is 8.51. The highest BCUT2D eigenvalue weighted by molar-refractivity contribution is 7.17. The molecule has 3 rings (SSSR count). The van der Waals surface area contributed by atoms with E-state index in [2.05, 4.69) is 10.3 Å². The molecule has 0 saturated heterocycles. The van der Waals surface area contributed by atoms with Gasteiger partial charge in [-0.2, -0.15) is 0 Å². The first-order chi connectivity index (χ1) is 12.6. The van der Waals surface area contributed by atoms with E-state index in [9.17, 15) is 9.59 Å². The molecule has 1 amide bonds. The standard InChI is InChI=1S/C18H19ClN2O4S/c1-2-24-18(23)15-11-6-3-4-8-13(11)26-17(15)21-14(22)10-25-12-7-5-9-20-16(12)19/h5,7,9H,2-4,6,8,10H2,1H3,(H,21,22). The lowest BCUT2D eigenvalue weighted by molar-refractivity contribution is -0.118. The van der Waals surface area contributed by atoms with E-state index >= 15 is 0 Å². The Morgan fingerprint density at radius 2 is 2.15 bits per heavy atom. The second-order valence-corrected chi connectivity index (χ2v) is 7.23. The number of hydrogen-bond acceptors (Lipinski definition) is 6. The SMILES string of the molecule is CCOC(=O)c1c(NC(=O)COc2cccnc2Cl)sc2c1CCCC2. The number of nitrogens with zero attached hydrogens (tertiary/aromatic N) is 1. The topological polar surface area (TPSA) is 77.5 Å². The van der Waals surface area contributed by atoms with Crippen molar-refractivity contribution >= 4 is 39.8 Å². The average molecular weight is 395 g/mol. The van der Waals surface area contributed by atoms with Gasteiger partial charge in [0.1, 0.15) is 5.00 Å². The minimum atomic E-state index is -0.390.